The average molecular weight is 495 g/mol. The molecule has 0 heterocycles. The van der Waals surface area contributed by atoms with E-state index in [1.807, 2.05) is 52.5 Å². The molecule has 0 N–H and O–H groups in total. The van der Waals surface area contributed by atoms with E-state index >= 15 is 0 Å². The lowest BCUT2D eigenvalue weighted by Crippen LogP contribution is -2.35. The summed E-state index contributed by atoms with van der Waals surface area (Å²) in [6.07, 6.45) is 5.84. The van der Waals surface area contributed by atoms with Crippen molar-refractivity contribution >= 4 is 46.0 Å². The van der Waals surface area contributed by atoms with Crippen molar-refractivity contribution in [2.24, 2.45) is 0 Å². The predicted octanol–water partition coefficient (Wildman–Crippen LogP) is 5.06. The summed E-state index contributed by atoms with van der Waals surface area (Å²) in [5.41, 5.74) is 1.65. The third kappa shape index (κ3) is 6.46. The highest BCUT2D eigenvalue weighted by Gasteiger charge is 2.22. The van der Waals surface area contributed by atoms with E-state index in [-0.39, 0.29) is 30.8 Å². The molecule has 3 aromatic carbocycles. The lowest BCUT2D eigenvalue weighted by atomic mass is 10.0. The fourth-order valence-corrected chi connectivity index (χ4v) is 4.66. The summed E-state index contributed by atoms with van der Waals surface area (Å²) in [6.45, 7) is 2.21. The Morgan fingerprint density at radius 1 is 0.971 bits per heavy atom. The van der Waals surface area contributed by atoms with Gasteiger partial charge in [-0.2, -0.15) is 0 Å². The van der Waals surface area contributed by atoms with Crippen molar-refractivity contribution in [3.8, 4) is 12.3 Å². The lowest BCUT2D eigenvalue weighted by molar-refractivity contribution is -0.141. The fourth-order valence-electron chi connectivity index (χ4n) is 3.72. The molecular formula is C27H27FN2O4S. The molecule has 0 aliphatic rings. The van der Waals surface area contributed by atoms with Gasteiger partial charge in [0, 0.05) is 27.4 Å². The maximum absolute atomic E-state index is 13.4. The van der Waals surface area contributed by atoms with Gasteiger partial charge in [-0.05, 0) is 55.3 Å². The molecule has 6 nitrogen and oxygen atoms in total. The second kappa shape index (κ2) is 12.1. The van der Waals surface area contributed by atoms with Crippen molar-refractivity contribution in [1.29, 1.82) is 0 Å². The van der Waals surface area contributed by atoms with Crippen LogP contribution in [0.2, 0.25) is 0 Å². The molecule has 8 heteroatoms. The summed E-state index contributed by atoms with van der Waals surface area (Å²) in [5, 5.41) is 1.79. The predicted molar refractivity (Wildman–Crippen MR) is 138 cm³/mol. The molecule has 0 aliphatic carbocycles. The number of terminal acetylenes is 1. The first kappa shape index (κ1) is 25.9. The lowest BCUT2D eigenvalue weighted by Gasteiger charge is -2.31. The molecule has 0 fully saturated rings. The minimum absolute atomic E-state index is 0.0191. The summed E-state index contributed by atoms with van der Waals surface area (Å²) in [6, 6.07) is 17.5. The molecule has 0 saturated heterocycles. The number of ether oxygens (including phenoxy) is 2. The molecule has 0 radical (unpaired) electrons. The van der Waals surface area contributed by atoms with Crippen molar-refractivity contribution in [3.63, 3.8) is 0 Å². The molecular weight excluding hydrogens is 467 g/mol. The Labute approximate surface area is 209 Å². The van der Waals surface area contributed by atoms with Gasteiger partial charge in [0.2, 0.25) is 0 Å². The van der Waals surface area contributed by atoms with Gasteiger partial charge in [-0.15, -0.1) is 6.42 Å². The molecule has 0 spiro atoms. The van der Waals surface area contributed by atoms with E-state index in [1.54, 1.807) is 12.1 Å². The first-order valence-corrected chi connectivity index (χ1v) is 11.7. The topological polar surface area (TPSA) is 59.1 Å². The third-order valence-electron chi connectivity index (χ3n) is 5.47. The van der Waals surface area contributed by atoms with E-state index in [0.717, 1.165) is 27.0 Å². The number of nitrogens with zero attached hydrogens (tertiary/aromatic N) is 2. The number of benzene rings is 3. The fraction of sp³-hybridized carbons (Fsp3) is 0.259. The van der Waals surface area contributed by atoms with Crippen LogP contribution in [0, 0.1) is 18.2 Å². The molecule has 0 amide bonds. The van der Waals surface area contributed by atoms with Gasteiger partial charge in [-0.25, -0.2) is 4.39 Å². The maximum Gasteiger partial charge on any atom is 0.326 e. The highest BCUT2D eigenvalue weighted by Crippen LogP contribution is 2.39. The number of carbonyl (C=O) groups is 2. The number of anilines is 2. The van der Waals surface area contributed by atoms with Crippen LogP contribution in [0.4, 0.5) is 15.8 Å². The summed E-state index contributed by atoms with van der Waals surface area (Å²) >= 11 is 1.31. The van der Waals surface area contributed by atoms with Gasteiger partial charge in [-0.3, -0.25) is 9.59 Å². The normalized spacial score (nSPS) is 11.4. The van der Waals surface area contributed by atoms with E-state index < -0.39 is 5.97 Å². The molecule has 182 valence electrons. The molecule has 3 aromatic rings. The van der Waals surface area contributed by atoms with E-state index in [9.17, 15) is 14.0 Å². The average Bonchev–Trinajstić information content (AvgIpc) is 2.87. The molecule has 3 rings (SSSR count). The first-order valence-electron chi connectivity index (χ1n) is 10.9. The summed E-state index contributed by atoms with van der Waals surface area (Å²) in [4.78, 5) is 26.9. The monoisotopic (exact) mass is 494 g/mol. The van der Waals surface area contributed by atoms with Crippen LogP contribution in [0.1, 0.15) is 13.3 Å². The molecule has 0 saturated carbocycles. The Morgan fingerprint density at radius 2 is 1.57 bits per heavy atom. The van der Waals surface area contributed by atoms with Gasteiger partial charge in [0.05, 0.1) is 32.9 Å². The maximum atomic E-state index is 13.4. The second-order valence-electron chi connectivity index (χ2n) is 7.77. The van der Waals surface area contributed by atoms with Crippen molar-refractivity contribution < 1.29 is 23.5 Å². The van der Waals surface area contributed by atoms with Crippen LogP contribution in [0.25, 0.3) is 10.8 Å². The minimum Gasteiger partial charge on any atom is -0.469 e. The summed E-state index contributed by atoms with van der Waals surface area (Å²) in [5.74, 6) is 1.62. The number of esters is 2. The SMILES string of the molecule is C#CCN(c1ccc(N(CC(=O)OC)Sc2ccc(F)cc2)c2ccccc12)[C@@H](C)CC(=O)OC. The molecule has 35 heavy (non-hydrogen) atoms. The van der Waals surface area contributed by atoms with Gasteiger partial charge in [-0.1, -0.05) is 30.2 Å². The Hall–Kier alpha value is -3.70. The second-order valence-corrected chi connectivity index (χ2v) is 8.86. The summed E-state index contributed by atoms with van der Waals surface area (Å²) < 4.78 is 25.0. The van der Waals surface area contributed by atoms with Crippen molar-refractivity contribution in [2.45, 2.75) is 24.3 Å². The van der Waals surface area contributed by atoms with E-state index in [4.69, 9.17) is 15.9 Å². The van der Waals surface area contributed by atoms with Crippen molar-refractivity contribution in [3.05, 3.63) is 66.5 Å². The highest BCUT2D eigenvalue weighted by atomic mass is 32.2. The quantitative estimate of drug-likeness (QED) is 0.222. The zero-order valence-electron chi connectivity index (χ0n) is 19.9. The van der Waals surface area contributed by atoms with E-state index in [1.165, 1.54) is 38.3 Å². The van der Waals surface area contributed by atoms with Crippen LogP contribution in [0.3, 0.4) is 0 Å². The number of hydrogen-bond donors (Lipinski definition) is 0. The van der Waals surface area contributed by atoms with Gasteiger partial charge in [0.1, 0.15) is 12.4 Å². The highest BCUT2D eigenvalue weighted by molar-refractivity contribution is 8.00. The number of hydrogen-bond acceptors (Lipinski definition) is 7. The van der Waals surface area contributed by atoms with Gasteiger partial charge in [0.25, 0.3) is 0 Å². The number of rotatable bonds is 10. The third-order valence-corrected chi connectivity index (χ3v) is 6.50. The first-order chi connectivity index (χ1) is 16.9. The number of methoxy groups -OCH3 is 2. The molecule has 0 aliphatic heterocycles. The molecule has 1 atom stereocenters. The van der Waals surface area contributed by atoms with Crippen LogP contribution in [0.5, 0.6) is 0 Å². The van der Waals surface area contributed by atoms with Crippen LogP contribution in [-0.2, 0) is 19.1 Å². The Balaban J connectivity index is 2.08. The van der Waals surface area contributed by atoms with E-state index in [0.29, 0.717) is 6.54 Å². The number of carbonyl (C=O) groups excluding carboxylic acids is 2. The molecule has 0 aromatic heterocycles. The van der Waals surface area contributed by atoms with Gasteiger partial charge >= 0.3 is 11.9 Å². The van der Waals surface area contributed by atoms with Gasteiger partial charge in [0.15, 0.2) is 0 Å². The number of halogens is 1. The summed E-state index contributed by atoms with van der Waals surface area (Å²) in [7, 11) is 2.70. The Bertz CT molecular complexity index is 1230. The van der Waals surface area contributed by atoms with Crippen LogP contribution >= 0.6 is 11.9 Å². The van der Waals surface area contributed by atoms with Crippen molar-refractivity contribution in [1.82, 2.24) is 0 Å². The zero-order chi connectivity index (χ0) is 25.4. The Morgan fingerprint density at radius 3 is 2.17 bits per heavy atom. The van der Waals surface area contributed by atoms with Crippen LogP contribution in [0.15, 0.2) is 65.6 Å². The smallest absolute Gasteiger partial charge is 0.326 e. The van der Waals surface area contributed by atoms with Crippen LogP contribution in [-0.4, -0.2) is 45.3 Å². The van der Waals surface area contributed by atoms with Crippen molar-refractivity contribution in [2.75, 3.05) is 36.5 Å². The molecule has 0 unspecified atom stereocenters. The Kier molecular flexibility index (Phi) is 8.98. The van der Waals surface area contributed by atoms with E-state index in [2.05, 4.69) is 5.92 Å². The largest absolute Gasteiger partial charge is 0.469 e. The number of fused-ring (bicyclic) bond motifs is 1. The zero-order valence-corrected chi connectivity index (χ0v) is 20.7. The minimum atomic E-state index is -0.409. The molecule has 0 bridgehead atoms. The van der Waals surface area contributed by atoms with Crippen LogP contribution < -0.4 is 9.21 Å². The van der Waals surface area contributed by atoms with Gasteiger partial charge < -0.3 is 18.7 Å². The standard InChI is InChI=1S/C27H27FN2O4S/c1-5-16-29(19(2)17-26(31)33-3)24-14-15-25(23-9-7-6-8-22(23)24)30(18-27(32)34-4)35-21-12-10-20(28)11-13-21/h1,6-15,19H,16-18H2,2-4H3/t19-/m0/s1.